The maximum atomic E-state index is 14.0. The lowest BCUT2D eigenvalue weighted by Crippen LogP contribution is -2.39. The molecule has 1 aromatic carbocycles. The van der Waals surface area contributed by atoms with E-state index in [9.17, 15) is 9.18 Å². The number of Topliss-reactive ketones (excluding diaryl/α,β-unsaturated/α-hetero) is 1. The maximum Gasteiger partial charge on any atom is 0.168 e. The quantitative estimate of drug-likeness (QED) is 0.836. The zero-order chi connectivity index (χ0) is 17.1. The molecule has 1 atom stereocenters. The third kappa shape index (κ3) is 2.18. The number of nitrogens with zero attached hydrogens (tertiary/aromatic N) is 2. The minimum absolute atomic E-state index is 0.0675. The lowest BCUT2D eigenvalue weighted by molar-refractivity contribution is -0.124. The van der Waals surface area contributed by atoms with Crippen molar-refractivity contribution < 1.29 is 9.18 Å². The van der Waals surface area contributed by atoms with Gasteiger partial charge in [0.1, 0.15) is 17.7 Å². The second-order valence-electron chi connectivity index (χ2n) is 6.97. The monoisotopic (exact) mass is 345 g/mol. The Kier molecular flexibility index (Phi) is 3.32. The van der Waals surface area contributed by atoms with Gasteiger partial charge in [-0.2, -0.15) is 5.10 Å². The lowest BCUT2D eigenvalue weighted by Gasteiger charge is -2.38. The molecule has 4 rings (SSSR count). The molecular weight excluding hydrogens is 329 g/mol. The van der Waals surface area contributed by atoms with Crippen molar-refractivity contribution >= 4 is 23.2 Å². The van der Waals surface area contributed by atoms with Gasteiger partial charge in [0.25, 0.3) is 0 Å². The van der Waals surface area contributed by atoms with Gasteiger partial charge < -0.3 is 5.32 Å². The first-order valence-corrected chi connectivity index (χ1v) is 8.29. The standard InChI is InChI=1S/C18H17ClFN3O/c1-18(2)7-5-13-15(17(18)24)16(23-14(22-13)6-8-21-23)10-3-4-11(19)12(20)9-10/h3-4,6,8-9,16,22H,5,7H2,1-2H3. The molecule has 1 unspecified atom stereocenters. The Morgan fingerprint density at radius 2 is 2.17 bits per heavy atom. The summed E-state index contributed by atoms with van der Waals surface area (Å²) < 4.78 is 15.8. The van der Waals surface area contributed by atoms with Crippen molar-refractivity contribution in [2.45, 2.75) is 32.7 Å². The van der Waals surface area contributed by atoms with E-state index >= 15 is 0 Å². The summed E-state index contributed by atoms with van der Waals surface area (Å²) in [5.41, 5.74) is 1.81. The van der Waals surface area contributed by atoms with Crippen LogP contribution in [-0.4, -0.2) is 15.6 Å². The molecule has 0 radical (unpaired) electrons. The topological polar surface area (TPSA) is 46.9 Å². The number of hydrogen-bond acceptors (Lipinski definition) is 3. The molecule has 0 fully saturated rings. The Bertz CT molecular complexity index is 884. The summed E-state index contributed by atoms with van der Waals surface area (Å²) in [6.07, 6.45) is 3.25. The van der Waals surface area contributed by atoms with Gasteiger partial charge in [-0.3, -0.25) is 4.79 Å². The van der Waals surface area contributed by atoms with Crippen LogP contribution >= 0.6 is 11.6 Å². The molecule has 24 heavy (non-hydrogen) atoms. The first-order chi connectivity index (χ1) is 11.4. The van der Waals surface area contributed by atoms with E-state index in [2.05, 4.69) is 10.4 Å². The number of allylic oxidation sites excluding steroid dienone is 2. The number of benzene rings is 1. The predicted octanol–water partition coefficient (Wildman–Crippen LogP) is 4.33. The van der Waals surface area contributed by atoms with Gasteiger partial charge in [-0.25, -0.2) is 9.07 Å². The van der Waals surface area contributed by atoms with Crippen LogP contribution in [0.2, 0.25) is 5.02 Å². The van der Waals surface area contributed by atoms with Gasteiger partial charge in [-0.05, 0) is 30.5 Å². The van der Waals surface area contributed by atoms with E-state index < -0.39 is 17.3 Å². The van der Waals surface area contributed by atoms with Crippen molar-refractivity contribution in [1.82, 2.24) is 9.78 Å². The number of aromatic nitrogens is 2. The molecule has 124 valence electrons. The minimum atomic E-state index is -0.494. The summed E-state index contributed by atoms with van der Waals surface area (Å²) in [5.74, 6) is 0.394. The summed E-state index contributed by atoms with van der Waals surface area (Å²) in [4.78, 5) is 13.1. The largest absolute Gasteiger partial charge is 0.343 e. The SMILES string of the molecule is CC1(C)CCC2=C(C1=O)C(c1ccc(Cl)c(F)c1)n1nccc1N2. The summed E-state index contributed by atoms with van der Waals surface area (Å²) in [5, 5.41) is 7.73. The van der Waals surface area contributed by atoms with Gasteiger partial charge in [0, 0.05) is 22.8 Å². The Hall–Kier alpha value is -2.14. The number of halogens is 2. The van der Waals surface area contributed by atoms with Crippen LogP contribution in [0.5, 0.6) is 0 Å². The van der Waals surface area contributed by atoms with Gasteiger partial charge in [0.2, 0.25) is 0 Å². The summed E-state index contributed by atoms with van der Waals surface area (Å²) in [6, 6.07) is 6.09. The smallest absolute Gasteiger partial charge is 0.168 e. The number of carbonyl (C=O) groups is 1. The van der Waals surface area contributed by atoms with Crippen molar-refractivity contribution in [3.05, 3.63) is 58.1 Å². The van der Waals surface area contributed by atoms with Crippen LogP contribution in [-0.2, 0) is 4.79 Å². The molecule has 1 aromatic heterocycles. The van der Waals surface area contributed by atoms with Crippen LogP contribution in [0.25, 0.3) is 0 Å². The van der Waals surface area contributed by atoms with Gasteiger partial charge in [0.15, 0.2) is 5.78 Å². The highest BCUT2D eigenvalue weighted by molar-refractivity contribution is 6.30. The van der Waals surface area contributed by atoms with Crippen LogP contribution in [0.4, 0.5) is 10.2 Å². The minimum Gasteiger partial charge on any atom is -0.343 e. The zero-order valence-electron chi connectivity index (χ0n) is 13.4. The van der Waals surface area contributed by atoms with Crippen molar-refractivity contribution in [3.8, 4) is 0 Å². The Morgan fingerprint density at radius 1 is 1.38 bits per heavy atom. The van der Waals surface area contributed by atoms with Crippen LogP contribution in [0, 0.1) is 11.2 Å². The summed E-state index contributed by atoms with van der Waals surface area (Å²) in [6.45, 7) is 3.91. The maximum absolute atomic E-state index is 14.0. The number of hydrogen-bond donors (Lipinski definition) is 1. The molecule has 2 aliphatic rings. The van der Waals surface area contributed by atoms with Crippen LogP contribution in [0.15, 0.2) is 41.7 Å². The van der Waals surface area contributed by atoms with Gasteiger partial charge >= 0.3 is 0 Å². The Morgan fingerprint density at radius 3 is 2.92 bits per heavy atom. The zero-order valence-corrected chi connectivity index (χ0v) is 14.2. The number of rotatable bonds is 1. The fourth-order valence-electron chi connectivity index (χ4n) is 3.49. The number of carbonyl (C=O) groups excluding carboxylic acids is 1. The van der Waals surface area contributed by atoms with E-state index in [0.717, 1.165) is 24.4 Å². The van der Waals surface area contributed by atoms with Crippen LogP contribution in [0.1, 0.15) is 38.3 Å². The molecular formula is C18H17ClFN3O. The molecule has 2 heterocycles. The molecule has 1 aliphatic carbocycles. The average molecular weight is 346 g/mol. The Balaban J connectivity index is 1.93. The van der Waals surface area contributed by atoms with Crippen molar-refractivity contribution in [2.24, 2.45) is 5.41 Å². The van der Waals surface area contributed by atoms with Crippen LogP contribution in [0.3, 0.4) is 0 Å². The summed E-state index contributed by atoms with van der Waals surface area (Å²) in [7, 11) is 0. The molecule has 0 spiro atoms. The average Bonchev–Trinajstić information content (AvgIpc) is 3.00. The van der Waals surface area contributed by atoms with Crippen molar-refractivity contribution in [3.63, 3.8) is 0 Å². The predicted molar refractivity (Wildman–Crippen MR) is 90.4 cm³/mol. The van der Waals surface area contributed by atoms with Crippen molar-refractivity contribution in [1.29, 1.82) is 0 Å². The van der Waals surface area contributed by atoms with Gasteiger partial charge in [0.05, 0.1) is 11.2 Å². The van der Waals surface area contributed by atoms with E-state index in [4.69, 9.17) is 11.6 Å². The molecule has 6 heteroatoms. The van der Waals surface area contributed by atoms with E-state index in [1.165, 1.54) is 12.1 Å². The fraction of sp³-hybridized carbons (Fsp3) is 0.333. The third-order valence-electron chi connectivity index (χ3n) is 4.91. The van der Waals surface area contributed by atoms with Gasteiger partial charge in [-0.15, -0.1) is 0 Å². The number of nitrogens with one attached hydrogen (secondary N) is 1. The highest BCUT2D eigenvalue weighted by Crippen LogP contribution is 2.45. The highest BCUT2D eigenvalue weighted by atomic mass is 35.5. The molecule has 1 aliphatic heterocycles. The first kappa shape index (κ1) is 15.4. The van der Waals surface area contributed by atoms with Crippen molar-refractivity contribution in [2.75, 3.05) is 5.32 Å². The third-order valence-corrected chi connectivity index (χ3v) is 5.22. The molecule has 0 amide bonds. The molecule has 0 saturated carbocycles. The summed E-state index contributed by atoms with van der Waals surface area (Å²) >= 11 is 5.82. The molecule has 4 nitrogen and oxygen atoms in total. The van der Waals surface area contributed by atoms with E-state index in [1.54, 1.807) is 16.9 Å². The molecule has 1 N–H and O–H groups in total. The van der Waals surface area contributed by atoms with E-state index in [1.807, 2.05) is 19.9 Å². The van der Waals surface area contributed by atoms with E-state index in [0.29, 0.717) is 11.1 Å². The number of fused-ring (bicyclic) bond motifs is 1. The molecule has 0 bridgehead atoms. The number of ketones is 1. The molecule has 0 saturated heterocycles. The highest BCUT2D eigenvalue weighted by Gasteiger charge is 2.43. The molecule has 2 aromatic rings. The Labute approximate surface area is 144 Å². The lowest BCUT2D eigenvalue weighted by atomic mass is 9.71. The number of anilines is 1. The normalized spacial score (nSPS) is 22.0. The second kappa shape index (κ2) is 5.18. The second-order valence-corrected chi connectivity index (χ2v) is 7.37. The first-order valence-electron chi connectivity index (χ1n) is 7.92. The van der Waals surface area contributed by atoms with Crippen LogP contribution < -0.4 is 5.32 Å². The van der Waals surface area contributed by atoms with Gasteiger partial charge in [-0.1, -0.05) is 31.5 Å². The van der Waals surface area contributed by atoms with E-state index in [-0.39, 0.29) is 10.8 Å². The fourth-order valence-corrected chi connectivity index (χ4v) is 3.61.